The maximum absolute atomic E-state index is 12.0. The summed E-state index contributed by atoms with van der Waals surface area (Å²) in [4.78, 5) is 0.160. The molecule has 1 aliphatic rings. The van der Waals surface area contributed by atoms with Crippen molar-refractivity contribution >= 4 is 10.0 Å². The molecule has 0 aromatic carbocycles. The summed E-state index contributed by atoms with van der Waals surface area (Å²) in [6.07, 6.45) is 8.63. The van der Waals surface area contributed by atoms with Gasteiger partial charge >= 0.3 is 0 Å². The first kappa shape index (κ1) is 14.5. The summed E-state index contributed by atoms with van der Waals surface area (Å²) in [6, 6.07) is 0. The molecule has 1 aromatic heterocycles. The fraction of sp³-hybridized carbons (Fsp3) is 0.750. The van der Waals surface area contributed by atoms with Gasteiger partial charge in [0.15, 0.2) is 0 Å². The second-order valence-corrected chi connectivity index (χ2v) is 6.77. The number of hydrogen-bond donors (Lipinski definition) is 2. The van der Waals surface area contributed by atoms with Crippen LogP contribution in [0.1, 0.15) is 32.1 Å². The summed E-state index contributed by atoms with van der Waals surface area (Å²) in [6.45, 7) is 0.728. The summed E-state index contributed by atoms with van der Waals surface area (Å²) in [5, 5.41) is 12.7. The molecular weight excluding hydrogens is 266 g/mol. The lowest BCUT2D eigenvalue weighted by Crippen LogP contribution is -2.25. The molecule has 0 spiro atoms. The fourth-order valence-electron chi connectivity index (χ4n) is 2.49. The number of nitrogens with zero attached hydrogens (tertiary/aromatic N) is 2. The summed E-state index contributed by atoms with van der Waals surface area (Å²) >= 11 is 0. The Bertz CT molecular complexity index is 492. The minimum Gasteiger partial charge on any atom is -0.394 e. The van der Waals surface area contributed by atoms with Crippen LogP contribution < -0.4 is 4.72 Å². The van der Waals surface area contributed by atoms with E-state index in [1.165, 1.54) is 42.8 Å². The van der Waals surface area contributed by atoms with Gasteiger partial charge in [-0.1, -0.05) is 25.7 Å². The zero-order chi connectivity index (χ0) is 13.7. The van der Waals surface area contributed by atoms with Crippen LogP contribution in [0.2, 0.25) is 0 Å². The van der Waals surface area contributed by atoms with Crippen LogP contribution in [0.25, 0.3) is 0 Å². The van der Waals surface area contributed by atoms with Crippen LogP contribution in [0.5, 0.6) is 0 Å². The molecule has 2 rings (SSSR count). The number of aliphatic hydroxyl groups excluding tert-OH is 1. The third kappa shape index (κ3) is 4.02. The number of nitrogens with one attached hydrogen (secondary N) is 1. The molecular formula is C12H21N3O3S. The Morgan fingerprint density at radius 2 is 2.16 bits per heavy atom. The van der Waals surface area contributed by atoms with Crippen molar-refractivity contribution < 1.29 is 13.5 Å². The third-order valence-electron chi connectivity index (χ3n) is 3.57. The summed E-state index contributed by atoms with van der Waals surface area (Å²) in [7, 11) is -3.46. The minimum atomic E-state index is -3.46. The second kappa shape index (κ2) is 6.49. The van der Waals surface area contributed by atoms with Crippen LogP contribution in [0.4, 0.5) is 0 Å². The monoisotopic (exact) mass is 287 g/mol. The van der Waals surface area contributed by atoms with E-state index in [0.717, 1.165) is 6.42 Å². The van der Waals surface area contributed by atoms with Crippen molar-refractivity contribution in [1.82, 2.24) is 14.5 Å². The molecule has 0 atom stereocenters. The topological polar surface area (TPSA) is 84.2 Å². The quantitative estimate of drug-likeness (QED) is 0.774. The van der Waals surface area contributed by atoms with Crippen molar-refractivity contribution in [2.75, 3.05) is 13.2 Å². The van der Waals surface area contributed by atoms with Gasteiger partial charge in [-0.05, 0) is 12.3 Å². The van der Waals surface area contributed by atoms with E-state index in [1.54, 1.807) is 0 Å². The standard InChI is InChI=1S/C12H21N3O3S/c16-8-7-15-10-12(9-13-15)19(17,18)14-6-5-11-3-1-2-4-11/h9-11,14,16H,1-8H2. The van der Waals surface area contributed by atoms with E-state index in [-0.39, 0.29) is 11.5 Å². The van der Waals surface area contributed by atoms with Gasteiger partial charge in [-0.15, -0.1) is 0 Å². The molecule has 1 saturated carbocycles. The van der Waals surface area contributed by atoms with Gasteiger partial charge in [-0.3, -0.25) is 4.68 Å². The Labute approximate surface area is 113 Å². The number of hydrogen-bond acceptors (Lipinski definition) is 4. The van der Waals surface area contributed by atoms with Gasteiger partial charge in [0, 0.05) is 12.7 Å². The zero-order valence-electron chi connectivity index (χ0n) is 11.0. The van der Waals surface area contributed by atoms with Crippen LogP contribution in [-0.2, 0) is 16.6 Å². The Balaban J connectivity index is 1.85. The highest BCUT2D eigenvalue weighted by atomic mass is 32.2. The molecule has 7 heteroatoms. The number of aliphatic hydroxyl groups is 1. The van der Waals surface area contributed by atoms with Crippen LogP contribution in [-0.4, -0.2) is 36.5 Å². The van der Waals surface area contributed by atoms with E-state index in [9.17, 15) is 8.42 Å². The number of aromatic nitrogens is 2. The molecule has 0 unspecified atom stereocenters. The van der Waals surface area contributed by atoms with Gasteiger partial charge in [0.2, 0.25) is 10.0 Å². The average molecular weight is 287 g/mol. The molecule has 0 bridgehead atoms. The first-order chi connectivity index (χ1) is 9.12. The molecule has 1 heterocycles. The lowest BCUT2D eigenvalue weighted by Gasteiger charge is -2.09. The van der Waals surface area contributed by atoms with Crippen molar-refractivity contribution in [2.24, 2.45) is 5.92 Å². The molecule has 1 fully saturated rings. The molecule has 0 saturated heterocycles. The summed E-state index contributed by atoms with van der Waals surface area (Å²) in [5.74, 6) is 0.666. The van der Waals surface area contributed by atoms with E-state index < -0.39 is 10.0 Å². The van der Waals surface area contributed by atoms with E-state index in [2.05, 4.69) is 9.82 Å². The van der Waals surface area contributed by atoms with Crippen LogP contribution >= 0.6 is 0 Å². The maximum atomic E-state index is 12.0. The zero-order valence-corrected chi connectivity index (χ0v) is 11.8. The highest BCUT2D eigenvalue weighted by Gasteiger charge is 2.18. The summed E-state index contributed by atoms with van der Waals surface area (Å²) in [5.41, 5.74) is 0. The largest absolute Gasteiger partial charge is 0.394 e. The Morgan fingerprint density at radius 3 is 2.84 bits per heavy atom. The van der Waals surface area contributed by atoms with E-state index in [4.69, 9.17) is 5.11 Å². The molecule has 0 radical (unpaired) electrons. The fourth-order valence-corrected chi connectivity index (χ4v) is 3.49. The van der Waals surface area contributed by atoms with Crippen LogP contribution in [0.3, 0.4) is 0 Å². The molecule has 6 nitrogen and oxygen atoms in total. The van der Waals surface area contributed by atoms with Gasteiger partial charge in [0.05, 0.1) is 19.3 Å². The molecule has 1 aliphatic carbocycles. The van der Waals surface area contributed by atoms with Gasteiger partial charge in [-0.2, -0.15) is 5.10 Å². The van der Waals surface area contributed by atoms with E-state index in [0.29, 0.717) is 19.0 Å². The van der Waals surface area contributed by atoms with Crippen LogP contribution in [0.15, 0.2) is 17.3 Å². The predicted molar refractivity (Wildman–Crippen MR) is 71.1 cm³/mol. The summed E-state index contributed by atoms with van der Waals surface area (Å²) < 4.78 is 28.0. The van der Waals surface area contributed by atoms with Crippen molar-refractivity contribution in [2.45, 2.75) is 43.5 Å². The highest BCUT2D eigenvalue weighted by Crippen LogP contribution is 2.27. The highest BCUT2D eigenvalue weighted by molar-refractivity contribution is 7.89. The van der Waals surface area contributed by atoms with Crippen LogP contribution in [0, 0.1) is 5.92 Å². The van der Waals surface area contributed by atoms with Crippen molar-refractivity contribution in [3.63, 3.8) is 0 Å². The molecule has 19 heavy (non-hydrogen) atoms. The van der Waals surface area contributed by atoms with Gasteiger partial charge in [0.25, 0.3) is 0 Å². The Morgan fingerprint density at radius 1 is 1.42 bits per heavy atom. The second-order valence-electron chi connectivity index (χ2n) is 5.00. The van der Waals surface area contributed by atoms with Crippen molar-refractivity contribution in [1.29, 1.82) is 0 Å². The maximum Gasteiger partial charge on any atom is 0.243 e. The molecule has 2 N–H and O–H groups in total. The predicted octanol–water partition coefficient (Wildman–Crippen LogP) is 0.734. The first-order valence-electron chi connectivity index (χ1n) is 6.75. The Hall–Kier alpha value is -0.920. The minimum absolute atomic E-state index is 0.0592. The normalized spacial score (nSPS) is 17.1. The van der Waals surface area contributed by atoms with E-state index >= 15 is 0 Å². The third-order valence-corrected chi connectivity index (χ3v) is 4.98. The average Bonchev–Trinajstić information content (AvgIpc) is 3.00. The van der Waals surface area contributed by atoms with Gasteiger partial charge in [0.1, 0.15) is 4.90 Å². The lowest BCUT2D eigenvalue weighted by molar-refractivity contribution is 0.269. The number of sulfonamides is 1. The first-order valence-corrected chi connectivity index (χ1v) is 8.23. The van der Waals surface area contributed by atoms with Gasteiger partial charge < -0.3 is 5.11 Å². The molecule has 0 aliphatic heterocycles. The number of rotatable bonds is 7. The molecule has 108 valence electrons. The lowest BCUT2D eigenvalue weighted by atomic mass is 10.1. The SMILES string of the molecule is O=S(=O)(NCCC1CCCC1)c1cnn(CCO)c1. The van der Waals surface area contributed by atoms with Crippen molar-refractivity contribution in [3.05, 3.63) is 12.4 Å². The molecule has 1 aromatic rings. The Kier molecular flexibility index (Phi) is 4.95. The van der Waals surface area contributed by atoms with E-state index in [1.807, 2.05) is 0 Å². The molecule has 0 amide bonds. The van der Waals surface area contributed by atoms with Gasteiger partial charge in [-0.25, -0.2) is 13.1 Å². The van der Waals surface area contributed by atoms with Crippen molar-refractivity contribution in [3.8, 4) is 0 Å². The smallest absolute Gasteiger partial charge is 0.243 e.